The number of carbonyl (C=O) groups is 1. The van der Waals surface area contributed by atoms with Crippen LogP contribution in [0.2, 0.25) is 0 Å². The number of pyridine rings is 1. The first kappa shape index (κ1) is 11.5. The summed E-state index contributed by atoms with van der Waals surface area (Å²) in [6, 6.07) is 9.09. The molecule has 0 aliphatic heterocycles. The van der Waals surface area contributed by atoms with Crippen LogP contribution in [0.1, 0.15) is 15.9 Å². The van der Waals surface area contributed by atoms with Crippen molar-refractivity contribution in [3.05, 3.63) is 66.2 Å². The number of fused-ring (bicyclic) bond motifs is 1. The van der Waals surface area contributed by atoms with Gasteiger partial charge in [0, 0.05) is 36.8 Å². The van der Waals surface area contributed by atoms with Crippen LogP contribution in [0.15, 0.2) is 55.1 Å². The summed E-state index contributed by atoms with van der Waals surface area (Å²) < 4.78 is 0. The molecular formula is C15H11N3O. The molecule has 3 aromatic rings. The van der Waals surface area contributed by atoms with Gasteiger partial charge in [0.25, 0.3) is 0 Å². The van der Waals surface area contributed by atoms with Gasteiger partial charge < -0.3 is 0 Å². The zero-order chi connectivity index (χ0) is 13.1. The van der Waals surface area contributed by atoms with Crippen molar-refractivity contribution in [1.82, 2.24) is 15.0 Å². The molecule has 0 bridgehead atoms. The van der Waals surface area contributed by atoms with E-state index < -0.39 is 0 Å². The summed E-state index contributed by atoms with van der Waals surface area (Å²) in [5, 5.41) is 0. The molecule has 0 aliphatic carbocycles. The van der Waals surface area contributed by atoms with E-state index in [2.05, 4.69) is 15.0 Å². The van der Waals surface area contributed by atoms with Crippen molar-refractivity contribution in [2.75, 3.05) is 0 Å². The van der Waals surface area contributed by atoms with Crippen LogP contribution in [-0.2, 0) is 6.42 Å². The monoisotopic (exact) mass is 249 g/mol. The van der Waals surface area contributed by atoms with Crippen molar-refractivity contribution in [2.45, 2.75) is 6.42 Å². The highest BCUT2D eigenvalue weighted by molar-refractivity contribution is 5.99. The Morgan fingerprint density at radius 1 is 0.895 bits per heavy atom. The molecule has 19 heavy (non-hydrogen) atoms. The SMILES string of the molecule is O=C(Cc1ccncc1)c1ccc2nccnc2c1. The Labute approximate surface area is 110 Å². The summed E-state index contributed by atoms with van der Waals surface area (Å²) >= 11 is 0. The Balaban J connectivity index is 1.89. The minimum absolute atomic E-state index is 0.0683. The second-order valence-corrected chi connectivity index (χ2v) is 4.22. The average molecular weight is 249 g/mol. The van der Waals surface area contributed by atoms with Crippen molar-refractivity contribution in [2.24, 2.45) is 0 Å². The van der Waals surface area contributed by atoms with Gasteiger partial charge in [-0.2, -0.15) is 0 Å². The molecule has 0 N–H and O–H groups in total. The Hall–Kier alpha value is -2.62. The third-order valence-corrected chi connectivity index (χ3v) is 2.91. The van der Waals surface area contributed by atoms with E-state index in [-0.39, 0.29) is 5.78 Å². The van der Waals surface area contributed by atoms with Gasteiger partial charge in [0.05, 0.1) is 11.0 Å². The minimum atomic E-state index is 0.0683. The first-order chi connectivity index (χ1) is 9.33. The summed E-state index contributed by atoms with van der Waals surface area (Å²) in [6.45, 7) is 0. The molecule has 4 heteroatoms. The van der Waals surface area contributed by atoms with Gasteiger partial charge in [-0.25, -0.2) is 0 Å². The largest absolute Gasteiger partial charge is 0.294 e. The van der Waals surface area contributed by atoms with Crippen LogP contribution >= 0.6 is 0 Å². The molecule has 2 heterocycles. The Morgan fingerprint density at radius 2 is 1.63 bits per heavy atom. The van der Waals surface area contributed by atoms with Gasteiger partial charge in [-0.05, 0) is 35.9 Å². The fourth-order valence-corrected chi connectivity index (χ4v) is 1.92. The lowest BCUT2D eigenvalue weighted by Crippen LogP contribution is -2.03. The molecule has 0 spiro atoms. The van der Waals surface area contributed by atoms with Gasteiger partial charge in [-0.1, -0.05) is 0 Å². The van der Waals surface area contributed by atoms with Gasteiger partial charge in [-0.15, -0.1) is 0 Å². The van der Waals surface area contributed by atoms with E-state index in [1.165, 1.54) is 0 Å². The number of rotatable bonds is 3. The highest BCUT2D eigenvalue weighted by Crippen LogP contribution is 2.13. The minimum Gasteiger partial charge on any atom is -0.294 e. The lowest BCUT2D eigenvalue weighted by molar-refractivity contribution is 0.0993. The molecule has 4 nitrogen and oxygen atoms in total. The molecule has 0 amide bonds. The van der Waals surface area contributed by atoms with E-state index in [0.29, 0.717) is 12.0 Å². The fourth-order valence-electron chi connectivity index (χ4n) is 1.92. The van der Waals surface area contributed by atoms with Crippen molar-refractivity contribution in [1.29, 1.82) is 0 Å². The summed E-state index contributed by atoms with van der Waals surface area (Å²) in [4.78, 5) is 24.5. The number of Topliss-reactive ketones (excluding diaryl/α,β-unsaturated/α-hetero) is 1. The van der Waals surface area contributed by atoms with Crippen LogP contribution in [-0.4, -0.2) is 20.7 Å². The Morgan fingerprint density at radius 3 is 2.42 bits per heavy atom. The molecule has 0 saturated carbocycles. The average Bonchev–Trinajstić information content (AvgIpc) is 2.48. The second kappa shape index (κ2) is 4.94. The van der Waals surface area contributed by atoms with Crippen LogP contribution in [0.25, 0.3) is 11.0 Å². The summed E-state index contributed by atoms with van der Waals surface area (Å²) in [7, 11) is 0. The number of nitrogens with zero attached hydrogens (tertiary/aromatic N) is 3. The zero-order valence-corrected chi connectivity index (χ0v) is 10.2. The van der Waals surface area contributed by atoms with Crippen molar-refractivity contribution < 1.29 is 4.79 Å². The summed E-state index contributed by atoms with van der Waals surface area (Å²) in [5.41, 5.74) is 3.15. The van der Waals surface area contributed by atoms with Gasteiger partial charge >= 0.3 is 0 Å². The number of aromatic nitrogens is 3. The maximum absolute atomic E-state index is 12.2. The molecule has 92 valence electrons. The van der Waals surface area contributed by atoms with Crippen LogP contribution in [0.5, 0.6) is 0 Å². The predicted molar refractivity (Wildman–Crippen MR) is 71.8 cm³/mol. The van der Waals surface area contributed by atoms with E-state index in [0.717, 1.165) is 16.6 Å². The van der Waals surface area contributed by atoms with E-state index in [4.69, 9.17) is 0 Å². The number of hydrogen-bond donors (Lipinski definition) is 0. The van der Waals surface area contributed by atoms with Gasteiger partial charge in [0.2, 0.25) is 0 Å². The van der Waals surface area contributed by atoms with Crippen LogP contribution < -0.4 is 0 Å². The number of benzene rings is 1. The quantitative estimate of drug-likeness (QED) is 0.669. The molecule has 3 rings (SSSR count). The van der Waals surface area contributed by atoms with Crippen molar-refractivity contribution in [3.63, 3.8) is 0 Å². The van der Waals surface area contributed by atoms with E-state index in [1.807, 2.05) is 18.2 Å². The lowest BCUT2D eigenvalue weighted by atomic mass is 10.0. The molecule has 1 aromatic carbocycles. The molecule has 0 aliphatic rings. The standard InChI is InChI=1S/C15H11N3O/c19-15(9-11-3-5-16-6-4-11)12-1-2-13-14(10-12)18-8-7-17-13/h1-8,10H,9H2. The third-order valence-electron chi connectivity index (χ3n) is 2.91. The van der Waals surface area contributed by atoms with E-state index in [9.17, 15) is 4.79 Å². The van der Waals surface area contributed by atoms with Crippen molar-refractivity contribution in [3.8, 4) is 0 Å². The highest BCUT2D eigenvalue weighted by atomic mass is 16.1. The first-order valence-corrected chi connectivity index (χ1v) is 5.96. The number of hydrogen-bond acceptors (Lipinski definition) is 4. The van der Waals surface area contributed by atoms with Crippen LogP contribution in [0.4, 0.5) is 0 Å². The van der Waals surface area contributed by atoms with Gasteiger partial charge in [0.1, 0.15) is 0 Å². The fraction of sp³-hybridized carbons (Fsp3) is 0.0667. The van der Waals surface area contributed by atoms with Crippen LogP contribution in [0, 0.1) is 0 Å². The van der Waals surface area contributed by atoms with Crippen molar-refractivity contribution >= 4 is 16.8 Å². The van der Waals surface area contributed by atoms with Gasteiger partial charge in [-0.3, -0.25) is 19.7 Å². The second-order valence-electron chi connectivity index (χ2n) is 4.22. The van der Waals surface area contributed by atoms with E-state index >= 15 is 0 Å². The van der Waals surface area contributed by atoms with Gasteiger partial charge in [0.15, 0.2) is 5.78 Å². The topological polar surface area (TPSA) is 55.7 Å². The normalized spacial score (nSPS) is 10.5. The molecule has 0 fully saturated rings. The number of ketones is 1. The van der Waals surface area contributed by atoms with Crippen LogP contribution in [0.3, 0.4) is 0 Å². The summed E-state index contributed by atoms with van der Waals surface area (Å²) in [6.07, 6.45) is 7.01. The Kier molecular flexibility index (Phi) is 2.98. The maximum Gasteiger partial charge on any atom is 0.167 e. The molecule has 0 saturated heterocycles. The molecule has 0 unspecified atom stereocenters. The first-order valence-electron chi connectivity index (χ1n) is 5.96. The molecular weight excluding hydrogens is 238 g/mol. The molecule has 0 atom stereocenters. The van der Waals surface area contributed by atoms with E-state index in [1.54, 1.807) is 36.9 Å². The zero-order valence-electron chi connectivity index (χ0n) is 10.2. The molecule has 2 aromatic heterocycles. The highest BCUT2D eigenvalue weighted by Gasteiger charge is 2.08. The smallest absolute Gasteiger partial charge is 0.167 e. The lowest BCUT2D eigenvalue weighted by Gasteiger charge is -2.02. The third kappa shape index (κ3) is 2.47. The Bertz CT molecular complexity index is 726. The molecule has 0 radical (unpaired) electrons. The maximum atomic E-state index is 12.2. The number of carbonyl (C=O) groups excluding carboxylic acids is 1. The summed E-state index contributed by atoms with van der Waals surface area (Å²) in [5.74, 6) is 0.0683. The predicted octanol–water partition coefficient (Wildman–Crippen LogP) is 2.45.